The molecule has 1 aromatic rings. The van der Waals surface area contributed by atoms with Gasteiger partial charge in [0.25, 0.3) is 0 Å². The van der Waals surface area contributed by atoms with Crippen molar-refractivity contribution in [3.63, 3.8) is 0 Å². The number of methoxy groups -OCH3 is 1. The van der Waals surface area contributed by atoms with Crippen LogP contribution in [0.4, 0.5) is 0 Å². The van der Waals surface area contributed by atoms with Gasteiger partial charge >= 0.3 is 11.9 Å². The number of ether oxygens (including phenoxy) is 3. The Balaban J connectivity index is 2.33. The molecule has 0 spiro atoms. The van der Waals surface area contributed by atoms with Crippen LogP contribution in [0.1, 0.15) is 54.0 Å². The van der Waals surface area contributed by atoms with Crippen molar-refractivity contribution in [2.75, 3.05) is 20.3 Å². The van der Waals surface area contributed by atoms with Crippen LogP contribution < -0.4 is 4.74 Å². The van der Waals surface area contributed by atoms with Gasteiger partial charge in [0.1, 0.15) is 5.75 Å². The summed E-state index contributed by atoms with van der Waals surface area (Å²) in [6, 6.07) is 7.85. The molecule has 1 aromatic carbocycles. The predicted molar refractivity (Wildman–Crippen MR) is 116 cm³/mol. The van der Waals surface area contributed by atoms with Crippen LogP contribution in [0.3, 0.4) is 0 Å². The zero-order valence-corrected chi connectivity index (χ0v) is 19.3. The average molecular weight is 413 g/mol. The maximum Gasteiger partial charge on any atom is 0.335 e. The van der Waals surface area contributed by atoms with Crippen LogP contribution in [0.2, 0.25) is 0 Å². The van der Waals surface area contributed by atoms with Crippen molar-refractivity contribution in [1.82, 2.24) is 0 Å². The van der Waals surface area contributed by atoms with Gasteiger partial charge in [-0.1, -0.05) is 45.4 Å². The molecule has 0 N–H and O–H groups in total. The lowest BCUT2D eigenvalue weighted by atomic mass is 9.59. The summed E-state index contributed by atoms with van der Waals surface area (Å²) < 4.78 is 16.2. The van der Waals surface area contributed by atoms with Gasteiger partial charge in [-0.15, -0.1) is 0 Å². The number of esters is 2. The summed E-state index contributed by atoms with van der Waals surface area (Å²) in [5, 5.41) is 0. The highest BCUT2D eigenvalue weighted by Gasteiger charge is 2.72. The number of carbonyl (C=O) groups is 2. The van der Waals surface area contributed by atoms with E-state index in [1.165, 1.54) is 0 Å². The van der Waals surface area contributed by atoms with E-state index in [0.29, 0.717) is 11.1 Å². The van der Waals surface area contributed by atoms with Crippen LogP contribution in [0.15, 0.2) is 41.0 Å². The molecule has 30 heavy (non-hydrogen) atoms. The zero-order chi connectivity index (χ0) is 22.5. The van der Waals surface area contributed by atoms with E-state index in [0.717, 1.165) is 22.5 Å². The number of fused-ring (bicyclic) bond motifs is 2. The van der Waals surface area contributed by atoms with E-state index >= 15 is 0 Å². The molecule has 0 saturated carbocycles. The number of hydrogen-bond acceptors (Lipinski definition) is 5. The minimum atomic E-state index is -0.714. The van der Waals surface area contributed by atoms with Gasteiger partial charge in [0.2, 0.25) is 0 Å². The molecule has 2 aliphatic rings. The van der Waals surface area contributed by atoms with Crippen LogP contribution in [0.25, 0.3) is 5.57 Å². The first-order chi connectivity index (χ1) is 14.0. The summed E-state index contributed by atoms with van der Waals surface area (Å²) in [7, 11) is 1.63. The van der Waals surface area contributed by atoms with E-state index in [2.05, 4.69) is 34.6 Å². The summed E-state index contributed by atoms with van der Waals surface area (Å²) in [5.41, 5.74) is 2.20. The third-order valence-electron chi connectivity index (χ3n) is 7.71. The van der Waals surface area contributed by atoms with Crippen molar-refractivity contribution < 1.29 is 23.8 Å². The second-order valence-electron chi connectivity index (χ2n) is 8.79. The fourth-order valence-electron chi connectivity index (χ4n) is 5.63. The fraction of sp³-hybridized carbons (Fsp3) is 0.520. The van der Waals surface area contributed by atoms with Gasteiger partial charge < -0.3 is 14.2 Å². The zero-order valence-electron chi connectivity index (χ0n) is 19.3. The van der Waals surface area contributed by atoms with Gasteiger partial charge in [0.05, 0.1) is 31.5 Å². The Bertz CT molecular complexity index is 950. The van der Waals surface area contributed by atoms with E-state index in [4.69, 9.17) is 14.2 Å². The average Bonchev–Trinajstić information content (AvgIpc) is 2.92. The third-order valence-corrected chi connectivity index (χ3v) is 7.71. The third kappa shape index (κ3) is 2.53. The molecule has 5 nitrogen and oxygen atoms in total. The summed E-state index contributed by atoms with van der Waals surface area (Å²) in [4.78, 5) is 26.4. The SMILES string of the molecule is CCOC(=O)C1=C(C(=O)OCC)[C@]2(C)C(c3ccc(OC)cc3)=C(C)[C@@]1(C)C2(C)C. The van der Waals surface area contributed by atoms with Crippen molar-refractivity contribution in [3.8, 4) is 5.75 Å². The quantitative estimate of drug-likeness (QED) is 0.618. The Morgan fingerprint density at radius 3 is 1.73 bits per heavy atom. The first kappa shape index (κ1) is 22.1. The molecule has 2 bridgehead atoms. The molecule has 162 valence electrons. The molecule has 0 unspecified atom stereocenters. The van der Waals surface area contributed by atoms with E-state index in [-0.39, 0.29) is 13.2 Å². The monoisotopic (exact) mass is 412 g/mol. The van der Waals surface area contributed by atoms with E-state index in [1.54, 1.807) is 21.0 Å². The highest BCUT2D eigenvalue weighted by molar-refractivity contribution is 6.10. The maximum absolute atomic E-state index is 13.2. The van der Waals surface area contributed by atoms with E-state index in [1.807, 2.05) is 24.3 Å². The van der Waals surface area contributed by atoms with Crippen molar-refractivity contribution in [1.29, 1.82) is 0 Å². The number of carbonyl (C=O) groups excluding carboxylic acids is 2. The molecule has 0 saturated heterocycles. The van der Waals surface area contributed by atoms with Gasteiger partial charge in [0.15, 0.2) is 0 Å². The van der Waals surface area contributed by atoms with Crippen molar-refractivity contribution in [3.05, 3.63) is 46.5 Å². The maximum atomic E-state index is 13.2. The number of benzene rings is 1. The topological polar surface area (TPSA) is 61.8 Å². The molecule has 2 aliphatic carbocycles. The van der Waals surface area contributed by atoms with Crippen LogP contribution >= 0.6 is 0 Å². The highest BCUT2D eigenvalue weighted by Crippen LogP contribution is 2.77. The molecule has 0 fully saturated rings. The summed E-state index contributed by atoms with van der Waals surface area (Å²) in [6.07, 6.45) is 0. The van der Waals surface area contributed by atoms with E-state index in [9.17, 15) is 9.59 Å². The molecule has 0 amide bonds. The number of allylic oxidation sites excluding steroid dienone is 2. The second-order valence-corrected chi connectivity index (χ2v) is 8.79. The Hall–Kier alpha value is -2.56. The van der Waals surface area contributed by atoms with Crippen LogP contribution in [-0.4, -0.2) is 32.3 Å². The van der Waals surface area contributed by atoms with Crippen molar-refractivity contribution in [2.45, 2.75) is 48.5 Å². The molecule has 0 aromatic heterocycles. The number of rotatable bonds is 6. The molecule has 3 rings (SSSR count). The largest absolute Gasteiger partial charge is 0.497 e. The lowest BCUT2D eigenvalue weighted by Gasteiger charge is -2.42. The van der Waals surface area contributed by atoms with Gasteiger partial charge in [-0.2, -0.15) is 0 Å². The molecule has 2 atom stereocenters. The number of hydrogen-bond donors (Lipinski definition) is 0. The first-order valence-electron chi connectivity index (χ1n) is 10.5. The second kappa shape index (κ2) is 7.29. The lowest BCUT2D eigenvalue weighted by molar-refractivity contribution is -0.142. The fourth-order valence-corrected chi connectivity index (χ4v) is 5.63. The van der Waals surface area contributed by atoms with Crippen molar-refractivity contribution in [2.24, 2.45) is 16.2 Å². The molecule has 5 heteroatoms. The Labute approximate surface area is 179 Å². The van der Waals surface area contributed by atoms with Gasteiger partial charge in [-0.25, -0.2) is 9.59 Å². The molecule has 0 aliphatic heterocycles. The summed E-state index contributed by atoms with van der Waals surface area (Å²) >= 11 is 0. The smallest absolute Gasteiger partial charge is 0.335 e. The Kier molecular flexibility index (Phi) is 5.38. The standard InChI is InChI=1S/C25H32O5/c1-9-29-21(26)19-20(22(27)30-10-2)25(7)18(15(3)24(19,6)23(25,4)5)16-11-13-17(28-8)14-12-16/h11-14H,9-10H2,1-8H3/t24-,25+/m1/s1. The van der Waals surface area contributed by atoms with Crippen LogP contribution in [0.5, 0.6) is 5.75 Å². The first-order valence-corrected chi connectivity index (χ1v) is 10.5. The molecular formula is C25H32O5. The summed E-state index contributed by atoms with van der Waals surface area (Å²) in [5.74, 6) is -0.115. The molecule has 0 radical (unpaired) electrons. The summed E-state index contributed by atoms with van der Waals surface area (Å²) in [6.45, 7) is 14.5. The Morgan fingerprint density at radius 2 is 1.30 bits per heavy atom. The van der Waals surface area contributed by atoms with Crippen LogP contribution in [0, 0.1) is 16.2 Å². The minimum absolute atomic E-state index is 0.242. The van der Waals surface area contributed by atoms with Crippen LogP contribution in [-0.2, 0) is 19.1 Å². The van der Waals surface area contributed by atoms with Crippen molar-refractivity contribution >= 4 is 17.5 Å². The lowest BCUT2D eigenvalue weighted by Crippen LogP contribution is -2.39. The molecular weight excluding hydrogens is 380 g/mol. The predicted octanol–water partition coefficient (Wildman–Crippen LogP) is 4.96. The van der Waals surface area contributed by atoms with Gasteiger partial charge in [0, 0.05) is 10.8 Å². The van der Waals surface area contributed by atoms with Gasteiger partial charge in [-0.3, -0.25) is 0 Å². The molecule has 0 heterocycles. The van der Waals surface area contributed by atoms with Gasteiger partial charge in [-0.05, 0) is 49.5 Å². The van der Waals surface area contributed by atoms with E-state index < -0.39 is 28.2 Å². The Morgan fingerprint density at radius 1 is 0.833 bits per heavy atom. The normalized spacial score (nSPS) is 26.8. The highest BCUT2D eigenvalue weighted by atomic mass is 16.5. The minimum Gasteiger partial charge on any atom is -0.497 e.